The van der Waals surface area contributed by atoms with E-state index in [1.54, 1.807) is 7.11 Å². The molecular weight excluding hydrogens is 200 g/mol. The number of aryl methyl sites for hydroxylation is 1. The lowest BCUT2D eigenvalue weighted by molar-refractivity contribution is 0.395. The fourth-order valence-electron chi connectivity index (χ4n) is 1.57. The van der Waals surface area contributed by atoms with E-state index in [0.717, 1.165) is 25.1 Å². The van der Waals surface area contributed by atoms with Crippen molar-refractivity contribution in [1.29, 1.82) is 0 Å². The molecule has 0 fully saturated rings. The van der Waals surface area contributed by atoms with Gasteiger partial charge in [-0.3, -0.25) is 0 Å². The van der Waals surface area contributed by atoms with E-state index in [4.69, 9.17) is 4.74 Å². The summed E-state index contributed by atoms with van der Waals surface area (Å²) in [6, 6.07) is 6.47. The highest BCUT2D eigenvalue weighted by molar-refractivity contribution is 5.15. The monoisotopic (exact) mass is 222 g/mol. The largest absolute Gasteiger partial charge is 0.481 e. The minimum Gasteiger partial charge on any atom is -0.481 e. The number of rotatable bonds is 7. The van der Waals surface area contributed by atoms with Gasteiger partial charge in [0, 0.05) is 17.8 Å². The van der Waals surface area contributed by atoms with E-state index in [2.05, 4.69) is 30.2 Å². The summed E-state index contributed by atoms with van der Waals surface area (Å²) < 4.78 is 5.10. The predicted molar refractivity (Wildman–Crippen MR) is 66.9 cm³/mol. The summed E-state index contributed by atoms with van der Waals surface area (Å²) in [4.78, 5) is 4.39. The summed E-state index contributed by atoms with van der Waals surface area (Å²) in [6.07, 6.45) is 3.29. The van der Waals surface area contributed by atoms with Gasteiger partial charge in [0.2, 0.25) is 5.88 Å². The molecule has 1 rings (SSSR count). The molecule has 0 aliphatic heterocycles. The van der Waals surface area contributed by atoms with Gasteiger partial charge in [-0.15, -0.1) is 0 Å². The lowest BCUT2D eigenvalue weighted by Gasteiger charge is -2.12. The van der Waals surface area contributed by atoms with Crippen LogP contribution in [0.1, 0.15) is 32.4 Å². The Balaban J connectivity index is 2.35. The van der Waals surface area contributed by atoms with E-state index in [1.807, 2.05) is 12.1 Å². The summed E-state index contributed by atoms with van der Waals surface area (Å²) in [7, 11) is 1.65. The molecule has 0 spiro atoms. The molecule has 16 heavy (non-hydrogen) atoms. The SMILES string of the molecule is CCCNC(C)CCc1cccc(OC)n1. The summed E-state index contributed by atoms with van der Waals surface area (Å²) >= 11 is 0. The van der Waals surface area contributed by atoms with Crippen LogP contribution in [0.3, 0.4) is 0 Å². The maximum atomic E-state index is 5.10. The second kappa shape index (κ2) is 7.23. The molecule has 0 amide bonds. The standard InChI is InChI=1S/C13H22N2O/c1-4-10-14-11(2)8-9-12-6-5-7-13(15-12)16-3/h5-7,11,14H,4,8-10H2,1-3H3. The van der Waals surface area contributed by atoms with Gasteiger partial charge in [-0.1, -0.05) is 13.0 Å². The Kier molecular flexibility index (Phi) is 5.86. The van der Waals surface area contributed by atoms with Crippen molar-refractivity contribution < 1.29 is 4.74 Å². The van der Waals surface area contributed by atoms with Crippen molar-refractivity contribution in [2.24, 2.45) is 0 Å². The van der Waals surface area contributed by atoms with Gasteiger partial charge in [0.25, 0.3) is 0 Å². The van der Waals surface area contributed by atoms with Gasteiger partial charge in [-0.25, -0.2) is 4.98 Å². The number of ether oxygens (including phenoxy) is 1. The Morgan fingerprint density at radius 3 is 2.94 bits per heavy atom. The van der Waals surface area contributed by atoms with Crippen molar-refractivity contribution in [2.75, 3.05) is 13.7 Å². The molecule has 1 aromatic rings. The summed E-state index contributed by atoms with van der Waals surface area (Å²) in [5.74, 6) is 0.701. The minimum absolute atomic E-state index is 0.549. The van der Waals surface area contributed by atoms with Crippen LogP contribution in [0.4, 0.5) is 0 Å². The van der Waals surface area contributed by atoms with Crippen LogP contribution < -0.4 is 10.1 Å². The number of pyridine rings is 1. The Bertz CT molecular complexity index is 302. The first-order valence-corrected chi connectivity index (χ1v) is 5.99. The number of hydrogen-bond donors (Lipinski definition) is 1. The van der Waals surface area contributed by atoms with Crippen LogP contribution in [0.5, 0.6) is 5.88 Å². The predicted octanol–water partition coefficient (Wildman–Crippen LogP) is 2.41. The van der Waals surface area contributed by atoms with Gasteiger partial charge in [0.1, 0.15) is 0 Å². The average molecular weight is 222 g/mol. The first kappa shape index (κ1) is 13.0. The molecule has 1 heterocycles. The Hall–Kier alpha value is -1.09. The van der Waals surface area contributed by atoms with E-state index in [0.29, 0.717) is 11.9 Å². The molecule has 3 heteroatoms. The molecule has 1 unspecified atom stereocenters. The molecule has 0 saturated heterocycles. The van der Waals surface area contributed by atoms with Gasteiger partial charge < -0.3 is 10.1 Å². The van der Waals surface area contributed by atoms with Crippen LogP contribution in [0.2, 0.25) is 0 Å². The topological polar surface area (TPSA) is 34.1 Å². The third-order valence-corrected chi connectivity index (χ3v) is 2.57. The highest BCUT2D eigenvalue weighted by Gasteiger charge is 2.02. The van der Waals surface area contributed by atoms with Crippen LogP contribution in [-0.4, -0.2) is 24.7 Å². The molecule has 3 nitrogen and oxygen atoms in total. The number of nitrogens with zero attached hydrogens (tertiary/aromatic N) is 1. The minimum atomic E-state index is 0.549. The van der Waals surface area contributed by atoms with Crippen LogP contribution in [0.25, 0.3) is 0 Å². The molecule has 0 aliphatic rings. The normalized spacial score (nSPS) is 12.4. The second-order valence-electron chi connectivity index (χ2n) is 4.07. The van der Waals surface area contributed by atoms with E-state index in [9.17, 15) is 0 Å². The molecule has 90 valence electrons. The zero-order valence-corrected chi connectivity index (χ0v) is 10.5. The first-order valence-electron chi connectivity index (χ1n) is 5.99. The van der Waals surface area contributed by atoms with Crippen molar-refractivity contribution in [3.8, 4) is 5.88 Å². The van der Waals surface area contributed by atoms with Crippen LogP contribution in [0, 0.1) is 0 Å². The average Bonchev–Trinajstić information content (AvgIpc) is 2.34. The smallest absolute Gasteiger partial charge is 0.213 e. The Morgan fingerprint density at radius 2 is 2.25 bits per heavy atom. The van der Waals surface area contributed by atoms with Crippen molar-refractivity contribution in [3.05, 3.63) is 23.9 Å². The zero-order chi connectivity index (χ0) is 11.8. The number of methoxy groups -OCH3 is 1. The highest BCUT2D eigenvalue weighted by Crippen LogP contribution is 2.09. The summed E-state index contributed by atoms with van der Waals surface area (Å²) in [5, 5.41) is 3.47. The maximum Gasteiger partial charge on any atom is 0.213 e. The van der Waals surface area contributed by atoms with Crippen molar-refractivity contribution in [2.45, 2.75) is 39.2 Å². The van der Waals surface area contributed by atoms with Crippen molar-refractivity contribution in [1.82, 2.24) is 10.3 Å². The molecule has 0 saturated carbocycles. The maximum absolute atomic E-state index is 5.10. The highest BCUT2D eigenvalue weighted by atomic mass is 16.5. The quantitative estimate of drug-likeness (QED) is 0.769. The van der Waals surface area contributed by atoms with E-state index >= 15 is 0 Å². The summed E-state index contributed by atoms with van der Waals surface area (Å²) in [6.45, 7) is 5.49. The third-order valence-electron chi connectivity index (χ3n) is 2.57. The molecule has 0 radical (unpaired) electrons. The molecular formula is C13H22N2O. The first-order chi connectivity index (χ1) is 7.76. The molecule has 1 N–H and O–H groups in total. The zero-order valence-electron chi connectivity index (χ0n) is 10.5. The molecule has 0 bridgehead atoms. The lowest BCUT2D eigenvalue weighted by atomic mass is 10.1. The van der Waals surface area contributed by atoms with Gasteiger partial charge in [0.15, 0.2) is 0 Å². The summed E-state index contributed by atoms with van der Waals surface area (Å²) in [5.41, 5.74) is 1.10. The van der Waals surface area contributed by atoms with Crippen LogP contribution in [-0.2, 0) is 6.42 Å². The van der Waals surface area contributed by atoms with Gasteiger partial charge in [-0.2, -0.15) is 0 Å². The van der Waals surface area contributed by atoms with Crippen LogP contribution in [0.15, 0.2) is 18.2 Å². The van der Waals surface area contributed by atoms with Gasteiger partial charge in [0.05, 0.1) is 7.11 Å². The van der Waals surface area contributed by atoms with E-state index in [-0.39, 0.29) is 0 Å². The third kappa shape index (κ3) is 4.62. The lowest BCUT2D eigenvalue weighted by Crippen LogP contribution is -2.27. The fraction of sp³-hybridized carbons (Fsp3) is 0.615. The Morgan fingerprint density at radius 1 is 1.44 bits per heavy atom. The molecule has 0 aliphatic carbocycles. The van der Waals surface area contributed by atoms with Crippen LogP contribution >= 0.6 is 0 Å². The number of hydrogen-bond acceptors (Lipinski definition) is 3. The van der Waals surface area contributed by atoms with Crippen molar-refractivity contribution >= 4 is 0 Å². The van der Waals surface area contributed by atoms with E-state index in [1.165, 1.54) is 6.42 Å². The number of aromatic nitrogens is 1. The van der Waals surface area contributed by atoms with E-state index < -0.39 is 0 Å². The van der Waals surface area contributed by atoms with Gasteiger partial charge >= 0.3 is 0 Å². The molecule has 1 atom stereocenters. The Labute approximate surface area is 98.2 Å². The molecule has 0 aromatic carbocycles. The fourth-order valence-corrected chi connectivity index (χ4v) is 1.57. The van der Waals surface area contributed by atoms with Crippen molar-refractivity contribution in [3.63, 3.8) is 0 Å². The van der Waals surface area contributed by atoms with Gasteiger partial charge in [-0.05, 0) is 38.8 Å². The number of nitrogens with one attached hydrogen (secondary N) is 1. The second-order valence-corrected chi connectivity index (χ2v) is 4.07. The molecule has 1 aromatic heterocycles.